The van der Waals surface area contributed by atoms with Crippen LogP contribution in [0.2, 0.25) is 0 Å². The van der Waals surface area contributed by atoms with Crippen LogP contribution in [-0.2, 0) is 0 Å². The fourth-order valence-electron chi connectivity index (χ4n) is 3.06. The van der Waals surface area contributed by atoms with Gasteiger partial charge in [0.05, 0.1) is 7.11 Å². The second kappa shape index (κ2) is 6.98. The fourth-order valence-corrected chi connectivity index (χ4v) is 3.06. The summed E-state index contributed by atoms with van der Waals surface area (Å²) in [4.78, 5) is 0. The maximum Gasteiger partial charge on any atom is 0.120 e. The minimum atomic E-state index is 0.259. The predicted octanol–water partition coefficient (Wildman–Crippen LogP) is 3.49. The maximum absolute atomic E-state index is 6.22. The van der Waals surface area contributed by atoms with Crippen molar-refractivity contribution in [3.05, 3.63) is 24.3 Å². The second-order valence-electron chi connectivity index (χ2n) is 6.04. The van der Waals surface area contributed by atoms with Gasteiger partial charge in [-0.1, -0.05) is 13.8 Å². The van der Waals surface area contributed by atoms with Gasteiger partial charge < -0.3 is 14.8 Å². The Hall–Kier alpha value is -1.22. The van der Waals surface area contributed by atoms with Crippen molar-refractivity contribution < 1.29 is 9.47 Å². The molecule has 1 aromatic carbocycles. The number of nitrogens with one attached hydrogen (secondary N) is 1. The predicted molar refractivity (Wildman–Crippen MR) is 82.4 cm³/mol. The Labute approximate surface area is 122 Å². The van der Waals surface area contributed by atoms with Crippen LogP contribution in [0.15, 0.2) is 24.3 Å². The first-order valence-corrected chi connectivity index (χ1v) is 7.62. The lowest BCUT2D eigenvalue weighted by molar-refractivity contribution is 0.0749. The summed E-state index contributed by atoms with van der Waals surface area (Å²) in [6.07, 6.45) is 3.88. The lowest BCUT2D eigenvalue weighted by Crippen LogP contribution is -2.46. The smallest absolute Gasteiger partial charge is 0.120 e. The van der Waals surface area contributed by atoms with Crippen LogP contribution in [-0.4, -0.2) is 26.3 Å². The summed E-state index contributed by atoms with van der Waals surface area (Å²) < 4.78 is 11.4. The van der Waals surface area contributed by atoms with Gasteiger partial charge in [0.15, 0.2) is 0 Å². The molecule has 0 aliphatic heterocycles. The van der Waals surface area contributed by atoms with E-state index in [1.807, 2.05) is 31.3 Å². The number of ether oxygens (including phenoxy) is 2. The van der Waals surface area contributed by atoms with Gasteiger partial charge in [0.25, 0.3) is 0 Å². The van der Waals surface area contributed by atoms with E-state index in [0.29, 0.717) is 6.04 Å². The molecule has 1 aromatic rings. The van der Waals surface area contributed by atoms with Crippen molar-refractivity contribution in [2.75, 3.05) is 14.2 Å². The van der Waals surface area contributed by atoms with Gasteiger partial charge in [-0.05, 0) is 62.4 Å². The first-order valence-electron chi connectivity index (χ1n) is 7.62. The fraction of sp³-hybridized carbons (Fsp3) is 0.647. The van der Waals surface area contributed by atoms with Crippen LogP contribution in [0.3, 0.4) is 0 Å². The van der Waals surface area contributed by atoms with Crippen molar-refractivity contribution in [1.29, 1.82) is 0 Å². The van der Waals surface area contributed by atoms with E-state index < -0.39 is 0 Å². The number of methoxy groups -OCH3 is 1. The van der Waals surface area contributed by atoms with E-state index in [1.165, 1.54) is 12.8 Å². The van der Waals surface area contributed by atoms with Crippen LogP contribution in [0.1, 0.15) is 33.1 Å². The number of likely N-dealkylation sites (N-methyl/N-ethyl adjacent to an activating group) is 1. The summed E-state index contributed by atoms with van der Waals surface area (Å²) in [5, 5.41) is 3.41. The summed E-state index contributed by atoms with van der Waals surface area (Å²) in [7, 11) is 3.71. The molecule has 1 aliphatic rings. The molecule has 3 nitrogen and oxygen atoms in total. The van der Waals surface area contributed by atoms with Crippen molar-refractivity contribution in [3.8, 4) is 11.5 Å². The molecule has 3 heteroatoms. The zero-order valence-electron chi connectivity index (χ0n) is 13.1. The Morgan fingerprint density at radius 1 is 1.10 bits per heavy atom. The molecule has 112 valence electrons. The molecule has 3 unspecified atom stereocenters. The van der Waals surface area contributed by atoms with E-state index in [2.05, 4.69) is 19.2 Å². The lowest BCUT2D eigenvalue weighted by atomic mass is 9.78. The highest BCUT2D eigenvalue weighted by Crippen LogP contribution is 2.32. The topological polar surface area (TPSA) is 30.5 Å². The molecule has 0 heterocycles. The van der Waals surface area contributed by atoms with Crippen LogP contribution in [0.25, 0.3) is 0 Å². The Morgan fingerprint density at radius 3 is 2.30 bits per heavy atom. The molecule has 1 N–H and O–H groups in total. The SMILES string of the molecule is CNC1CCC(C(C)C)CC1Oc1ccc(OC)cc1. The van der Waals surface area contributed by atoms with E-state index in [4.69, 9.17) is 9.47 Å². The summed E-state index contributed by atoms with van der Waals surface area (Å²) in [6.45, 7) is 4.63. The molecule has 20 heavy (non-hydrogen) atoms. The largest absolute Gasteiger partial charge is 0.497 e. The molecule has 0 bridgehead atoms. The van der Waals surface area contributed by atoms with E-state index >= 15 is 0 Å². The summed E-state index contributed by atoms with van der Waals surface area (Å²) >= 11 is 0. The standard InChI is InChI=1S/C17H27NO2/c1-12(2)13-5-10-16(18-3)17(11-13)20-15-8-6-14(19-4)7-9-15/h6-9,12-13,16-18H,5,10-11H2,1-4H3. The minimum absolute atomic E-state index is 0.259. The monoisotopic (exact) mass is 277 g/mol. The highest BCUT2D eigenvalue weighted by molar-refractivity contribution is 5.31. The van der Waals surface area contributed by atoms with Gasteiger partial charge >= 0.3 is 0 Å². The molecular weight excluding hydrogens is 250 g/mol. The van der Waals surface area contributed by atoms with Crippen molar-refractivity contribution >= 4 is 0 Å². The average molecular weight is 277 g/mol. The van der Waals surface area contributed by atoms with Gasteiger partial charge in [0.1, 0.15) is 17.6 Å². The van der Waals surface area contributed by atoms with Gasteiger partial charge in [-0.3, -0.25) is 0 Å². The van der Waals surface area contributed by atoms with E-state index in [-0.39, 0.29) is 6.10 Å². The first-order chi connectivity index (χ1) is 9.63. The molecule has 0 amide bonds. The number of benzene rings is 1. The molecule has 1 fully saturated rings. The van der Waals surface area contributed by atoms with Crippen LogP contribution >= 0.6 is 0 Å². The second-order valence-corrected chi connectivity index (χ2v) is 6.04. The van der Waals surface area contributed by atoms with Gasteiger partial charge in [-0.25, -0.2) is 0 Å². The third-order valence-corrected chi connectivity index (χ3v) is 4.49. The van der Waals surface area contributed by atoms with Crippen molar-refractivity contribution in [2.45, 2.75) is 45.3 Å². The van der Waals surface area contributed by atoms with Crippen LogP contribution in [0, 0.1) is 11.8 Å². The van der Waals surface area contributed by atoms with Gasteiger partial charge in [-0.15, -0.1) is 0 Å². The molecule has 1 saturated carbocycles. The van der Waals surface area contributed by atoms with Crippen molar-refractivity contribution in [1.82, 2.24) is 5.32 Å². The first kappa shape index (κ1) is 15.2. The van der Waals surface area contributed by atoms with Gasteiger partial charge in [0, 0.05) is 6.04 Å². The van der Waals surface area contributed by atoms with E-state index in [0.717, 1.165) is 29.8 Å². The molecule has 0 spiro atoms. The van der Waals surface area contributed by atoms with Crippen LogP contribution in [0.4, 0.5) is 0 Å². The van der Waals surface area contributed by atoms with Crippen LogP contribution in [0.5, 0.6) is 11.5 Å². The molecule has 1 aliphatic carbocycles. The molecule has 0 saturated heterocycles. The Morgan fingerprint density at radius 2 is 1.75 bits per heavy atom. The molecule has 2 rings (SSSR count). The zero-order chi connectivity index (χ0) is 14.5. The number of hydrogen-bond acceptors (Lipinski definition) is 3. The number of rotatable bonds is 5. The lowest BCUT2D eigenvalue weighted by Gasteiger charge is -2.37. The molecule has 0 aromatic heterocycles. The zero-order valence-corrected chi connectivity index (χ0v) is 13.1. The maximum atomic E-state index is 6.22. The Kier molecular flexibility index (Phi) is 5.30. The van der Waals surface area contributed by atoms with E-state index in [9.17, 15) is 0 Å². The third kappa shape index (κ3) is 3.66. The van der Waals surface area contributed by atoms with Gasteiger partial charge in [-0.2, -0.15) is 0 Å². The van der Waals surface area contributed by atoms with Crippen LogP contribution < -0.4 is 14.8 Å². The average Bonchev–Trinajstić information content (AvgIpc) is 2.48. The minimum Gasteiger partial charge on any atom is -0.497 e. The van der Waals surface area contributed by atoms with E-state index in [1.54, 1.807) is 7.11 Å². The highest BCUT2D eigenvalue weighted by Gasteiger charge is 2.32. The molecule has 0 radical (unpaired) electrons. The Bertz CT molecular complexity index is 402. The summed E-state index contributed by atoms with van der Waals surface area (Å²) in [5.41, 5.74) is 0. The summed E-state index contributed by atoms with van der Waals surface area (Å²) in [5.74, 6) is 3.30. The Balaban J connectivity index is 2.02. The van der Waals surface area contributed by atoms with Gasteiger partial charge in [0.2, 0.25) is 0 Å². The van der Waals surface area contributed by atoms with Crippen molar-refractivity contribution in [2.24, 2.45) is 11.8 Å². The van der Waals surface area contributed by atoms with Crippen molar-refractivity contribution in [3.63, 3.8) is 0 Å². The number of hydrogen-bond donors (Lipinski definition) is 1. The normalized spacial score (nSPS) is 26.6. The third-order valence-electron chi connectivity index (χ3n) is 4.49. The highest BCUT2D eigenvalue weighted by atomic mass is 16.5. The summed E-state index contributed by atoms with van der Waals surface area (Å²) in [6, 6.07) is 8.33. The molecule has 3 atom stereocenters. The quantitative estimate of drug-likeness (QED) is 0.893. The molecular formula is C17H27NO2.